The third-order valence-electron chi connectivity index (χ3n) is 4.32. The third kappa shape index (κ3) is 4.25. The van der Waals surface area contributed by atoms with Crippen molar-refractivity contribution in [2.24, 2.45) is 5.41 Å². The summed E-state index contributed by atoms with van der Waals surface area (Å²) < 4.78 is 40.1. The number of carbonyl (C=O) groups excluding carboxylic acids is 1. The lowest BCUT2D eigenvalue weighted by atomic mass is 9.94. The average molecular weight is 328 g/mol. The van der Waals surface area contributed by atoms with Gasteiger partial charge in [-0.25, -0.2) is 5.01 Å². The maximum Gasteiger partial charge on any atom is 0.405 e. The van der Waals surface area contributed by atoms with Gasteiger partial charge in [0.2, 0.25) is 5.91 Å². The van der Waals surface area contributed by atoms with Crippen LogP contribution in [0.4, 0.5) is 13.2 Å². The number of halogens is 3. The minimum absolute atomic E-state index is 0.0603. The fraction of sp³-hybridized carbons (Fsp3) is 0.588. The summed E-state index contributed by atoms with van der Waals surface area (Å²) in [5.41, 5.74) is 3.62. The number of alkyl halides is 3. The first-order valence-electron chi connectivity index (χ1n) is 7.86. The molecule has 2 rings (SSSR count). The number of nitrogens with zero attached hydrogens (tertiary/aromatic N) is 1. The highest BCUT2D eigenvalue weighted by Crippen LogP contribution is 2.33. The van der Waals surface area contributed by atoms with E-state index in [0.717, 1.165) is 22.6 Å². The standard InChI is InChI=1S/C17H23F3N2O/c1-4-12-5-7-13(8-6-12)9-10-14(17(18,19)20)22-11-16(2,3)15(23)21-22/h5-8,14H,4,9-11H2,1-3H3,(H,21,23). The number of amides is 1. The van der Waals surface area contributed by atoms with Crippen LogP contribution in [-0.2, 0) is 17.6 Å². The highest BCUT2D eigenvalue weighted by Gasteiger charge is 2.49. The second kappa shape index (κ2) is 6.51. The molecule has 23 heavy (non-hydrogen) atoms. The van der Waals surface area contributed by atoms with Crippen molar-refractivity contribution in [1.82, 2.24) is 10.4 Å². The molecule has 1 amide bonds. The molecule has 128 valence electrons. The molecule has 1 aliphatic rings. The molecule has 1 heterocycles. The van der Waals surface area contributed by atoms with Gasteiger partial charge < -0.3 is 0 Å². The Bertz CT molecular complexity index is 552. The molecule has 6 heteroatoms. The second-order valence-electron chi connectivity index (χ2n) is 6.72. The first-order valence-corrected chi connectivity index (χ1v) is 7.86. The number of benzene rings is 1. The van der Waals surface area contributed by atoms with E-state index in [0.29, 0.717) is 6.42 Å². The molecule has 1 aromatic carbocycles. The van der Waals surface area contributed by atoms with E-state index in [2.05, 4.69) is 5.43 Å². The zero-order valence-corrected chi connectivity index (χ0v) is 13.7. The minimum atomic E-state index is -4.38. The Morgan fingerprint density at radius 3 is 2.22 bits per heavy atom. The van der Waals surface area contributed by atoms with Gasteiger partial charge in [-0.3, -0.25) is 10.2 Å². The van der Waals surface area contributed by atoms with Crippen LogP contribution in [0.25, 0.3) is 0 Å². The van der Waals surface area contributed by atoms with Gasteiger partial charge in [-0.2, -0.15) is 13.2 Å². The fourth-order valence-corrected chi connectivity index (χ4v) is 2.75. The van der Waals surface area contributed by atoms with Crippen LogP contribution in [0.15, 0.2) is 24.3 Å². The van der Waals surface area contributed by atoms with E-state index < -0.39 is 17.6 Å². The molecule has 0 spiro atoms. The van der Waals surface area contributed by atoms with E-state index in [9.17, 15) is 18.0 Å². The van der Waals surface area contributed by atoms with Gasteiger partial charge in [0, 0.05) is 6.54 Å². The monoisotopic (exact) mass is 328 g/mol. The number of carbonyl (C=O) groups is 1. The Balaban J connectivity index is 2.06. The van der Waals surface area contributed by atoms with Crippen LogP contribution < -0.4 is 5.43 Å². The molecule has 1 fully saturated rings. The number of hydrogen-bond acceptors (Lipinski definition) is 2. The largest absolute Gasteiger partial charge is 0.405 e. The van der Waals surface area contributed by atoms with E-state index >= 15 is 0 Å². The van der Waals surface area contributed by atoms with Crippen LogP contribution in [0.1, 0.15) is 38.3 Å². The predicted octanol–water partition coefficient (Wildman–Crippen LogP) is 3.49. The summed E-state index contributed by atoms with van der Waals surface area (Å²) >= 11 is 0. The summed E-state index contributed by atoms with van der Waals surface area (Å²) in [4.78, 5) is 11.8. The molecule has 0 bridgehead atoms. The van der Waals surface area contributed by atoms with Crippen LogP contribution >= 0.6 is 0 Å². The van der Waals surface area contributed by atoms with E-state index in [1.165, 1.54) is 0 Å². The number of nitrogens with one attached hydrogen (secondary N) is 1. The summed E-state index contributed by atoms with van der Waals surface area (Å²) in [6.07, 6.45) is -3.23. The van der Waals surface area contributed by atoms with Crippen molar-refractivity contribution in [3.05, 3.63) is 35.4 Å². The molecular formula is C17H23F3N2O. The topological polar surface area (TPSA) is 32.3 Å². The first-order chi connectivity index (χ1) is 10.6. The molecule has 1 saturated heterocycles. The maximum absolute atomic E-state index is 13.4. The Morgan fingerprint density at radius 1 is 1.22 bits per heavy atom. The van der Waals surface area contributed by atoms with Gasteiger partial charge in [-0.15, -0.1) is 0 Å². The predicted molar refractivity (Wildman–Crippen MR) is 82.6 cm³/mol. The van der Waals surface area contributed by atoms with Crippen molar-refractivity contribution >= 4 is 5.91 Å². The van der Waals surface area contributed by atoms with E-state index in [1.807, 2.05) is 31.2 Å². The van der Waals surface area contributed by atoms with Gasteiger partial charge in [0.1, 0.15) is 6.04 Å². The fourth-order valence-electron chi connectivity index (χ4n) is 2.75. The maximum atomic E-state index is 13.4. The molecule has 0 aromatic heterocycles. The van der Waals surface area contributed by atoms with Crippen molar-refractivity contribution in [2.45, 2.75) is 52.3 Å². The Labute approximate surface area is 134 Å². The highest BCUT2D eigenvalue weighted by atomic mass is 19.4. The average Bonchev–Trinajstić information content (AvgIpc) is 2.72. The number of aryl methyl sites for hydroxylation is 2. The summed E-state index contributed by atoms with van der Waals surface area (Å²) in [6, 6.07) is 5.97. The van der Waals surface area contributed by atoms with Crippen molar-refractivity contribution < 1.29 is 18.0 Å². The third-order valence-corrected chi connectivity index (χ3v) is 4.32. The van der Waals surface area contributed by atoms with Crippen LogP contribution in [0.3, 0.4) is 0 Å². The van der Waals surface area contributed by atoms with Crippen molar-refractivity contribution in [1.29, 1.82) is 0 Å². The van der Waals surface area contributed by atoms with Crippen LogP contribution in [-0.4, -0.2) is 29.7 Å². The molecule has 1 unspecified atom stereocenters. The molecule has 1 aliphatic heterocycles. The Kier molecular flexibility index (Phi) is 5.04. The van der Waals surface area contributed by atoms with E-state index in [1.54, 1.807) is 13.8 Å². The minimum Gasteiger partial charge on any atom is -0.288 e. The molecule has 3 nitrogen and oxygen atoms in total. The number of rotatable bonds is 5. The lowest BCUT2D eigenvalue weighted by Crippen LogP contribution is -2.50. The van der Waals surface area contributed by atoms with Gasteiger partial charge in [0.15, 0.2) is 0 Å². The van der Waals surface area contributed by atoms with Gasteiger partial charge >= 0.3 is 6.18 Å². The first kappa shape index (κ1) is 17.8. The molecule has 0 saturated carbocycles. The van der Waals surface area contributed by atoms with Gasteiger partial charge in [-0.1, -0.05) is 31.2 Å². The SMILES string of the molecule is CCc1ccc(CCC(N2CC(C)(C)C(=O)N2)C(F)(F)F)cc1. The van der Waals surface area contributed by atoms with E-state index in [4.69, 9.17) is 0 Å². The van der Waals surface area contributed by atoms with Gasteiger partial charge in [0.05, 0.1) is 5.41 Å². The lowest BCUT2D eigenvalue weighted by Gasteiger charge is -2.29. The summed E-state index contributed by atoms with van der Waals surface area (Å²) in [6.45, 7) is 5.40. The van der Waals surface area contributed by atoms with E-state index in [-0.39, 0.29) is 18.9 Å². The zero-order valence-electron chi connectivity index (χ0n) is 13.7. The number of hydrazine groups is 1. The Morgan fingerprint density at radius 2 is 1.78 bits per heavy atom. The molecule has 1 aromatic rings. The van der Waals surface area contributed by atoms with Crippen molar-refractivity contribution in [2.75, 3.05) is 6.54 Å². The van der Waals surface area contributed by atoms with Crippen molar-refractivity contribution in [3.8, 4) is 0 Å². The summed E-state index contributed by atoms with van der Waals surface area (Å²) in [5, 5.41) is 1.04. The number of hydrogen-bond donors (Lipinski definition) is 1. The van der Waals surface area contributed by atoms with Gasteiger partial charge in [0.25, 0.3) is 0 Å². The summed E-state index contributed by atoms with van der Waals surface area (Å²) in [5.74, 6) is -0.362. The van der Waals surface area contributed by atoms with Crippen LogP contribution in [0.5, 0.6) is 0 Å². The smallest absolute Gasteiger partial charge is 0.288 e. The quantitative estimate of drug-likeness (QED) is 0.897. The lowest BCUT2D eigenvalue weighted by molar-refractivity contribution is -0.190. The van der Waals surface area contributed by atoms with Crippen LogP contribution in [0.2, 0.25) is 0 Å². The van der Waals surface area contributed by atoms with Crippen LogP contribution in [0, 0.1) is 5.41 Å². The molecule has 0 aliphatic carbocycles. The molecule has 1 N–H and O–H groups in total. The normalized spacial score (nSPS) is 19.7. The summed E-state index contributed by atoms with van der Waals surface area (Å²) in [7, 11) is 0. The molecule has 1 atom stereocenters. The van der Waals surface area contributed by atoms with Gasteiger partial charge in [-0.05, 0) is 44.2 Å². The highest BCUT2D eigenvalue weighted by molar-refractivity contribution is 5.83. The van der Waals surface area contributed by atoms with Crippen molar-refractivity contribution in [3.63, 3.8) is 0 Å². The molecular weight excluding hydrogens is 305 g/mol. The zero-order chi connectivity index (χ0) is 17.3. The second-order valence-corrected chi connectivity index (χ2v) is 6.72. The molecule has 0 radical (unpaired) electrons. The Hall–Kier alpha value is -1.56.